The molecule has 1 rings (SSSR count). The molecule has 0 saturated heterocycles. The fraction of sp³-hybridized carbons (Fsp3) is 0.769. The Labute approximate surface area is 107 Å². The fourth-order valence-corrected chi connectivity index (χ4v) is 2.85. The maximum atomic E-state index is 12.0. The Morgan fingerprint density at radius 1 is 1.11 bits per heavy atom. The summed E-state index contributed by atoms with van der Waals surface area (Å²) in [7, 11) is 2.51. The van der Waals surface area contributed by atoms with E-state index in [9.17, 15) is 14.4 Å². The van der Waals surface area contributed by atoms with Crippen molar-refractivity contribution >= 4 is 17.7 Å². The van der Waals surface area contributed by atoms with Crippen LogP contribution >= 0.6 is 0 Å². The lowest BCUT2D eigenvalue weighted by Crippen LogP contribution is -2.49. The summed E-state index contributed by atoms with van der Waals surface area (Å²) in [5.74, 6) is -1.51. The number of hydrogen-bond acceptors (Lipinski definition) is 5. The van der Waals surface area contributed by atoms with Gasteiger partial charge in [-0.05, 0) is 25.7 Å². The second-order valence-corrected chi connectivity index (χ2v) is 4.80. The monoisotopic (exact) mass is 256 g/mol. The molecular weight excluding hydrogens is 236 g/mol. The summed E-state index contributed by atoms with van der Waals surface area (Å²) in [5, 5.41) is 0. The first-order valence-corrected chi connectivity index (χ1v) is 6.15. The average Bonchev–Trinajstić information content (AvgIpc) is 2.37. The number of esters is 2. The highest BCUT2D eigenvalue weighted by atomic mass is 16.5. The van der Waals surface area contributed by atoms with E-state index in [0.29, 0.717) is 12.8 Å². The molecule has 1 aliphatic carbocycles. The highest BCUT2D eigenvalue weighted by Gasteiger charge is 2.55. The van der Waals surface area contributed by atoms with Crippen molar-refractivity contribution in [1.29, 1.82) is 0 Å². The lowest BCUT2D eigenvalue weighted by atomic mass is 9.64. The van der Waals surface area contributed by atoms with Gasteiger partial charge in [-0.25, -0.2) is 0 Å². The van der Waals surface area contributed by atoms with E-state index in [0.717, 1.165) is 12.8 Å². The van der Waals surface area contributed by atoms with Gasteiger partial charge in [-0.2, -0.15) is 0 Å². The molecule has 0 radical (unpaired) electrons. The van der Waals surface area contributed by atoms with Crippen LogP contribution in [0.1, 0.15) is 39.0 Å². The van der Waals surface area contributed by atoms with Gasteiger partial charge in [-0.15, -0.1) is 0 Å². The minimum absolute atomic E-state index is 0.0286. The molecule has 0 N–H and O–H groups in total. The number of ether oxygens (including phenoxy) is 2. The molecule has 102 valence electrons. The van der Waals surface area contributed by atoms with Crippen molar-refractivity contribution in [2.24, 2.45) is 11.3 Å². The van der Waals surface area contributed by atoms with Crippen molar-refractivity contribution in [2.45, 2.75) is 39.0 Å². The van der Waals surface area contributed by atoms with E-state index in [2.05, 4.69) is 0 Å². The molecule has 0 aliphatic heterocycles. The summed E-state index contributed by atoms with van der Waals surface area (Å²) in [6.45, 7) is 1.47. The average molecular weight is 256 g/mol. The molecule has 1 saturated carbocycles. The van der Waals surface area contributed by atoms with E-state index in [1.807, 2.05) is 0 Å². The van der Waals surface area contributed by atoms with Crippen molar-refractivity contribution in [3.05, 3.63) is 0 Å². The molecule has 1 aliphatic rings. The van der Waals surface area contributed by atoms with Crippen molar-refractivity contribution in [3.8, 4) is 0 Å². The van der Waals surface area contributed by atoms with Crippen molar-refractivity contribution < 1.29 is 23.9 Å². The van der Waals surface area contributed by atoms with Crippen LogP contribution in [-0.4, -0.2) is 31.9 Å². The summed E-state index contributed by atoms with van der Waals surface area (Å²) in [4.78, 5) is 35.4. The number of ketones is 1. The number of carbonyl (C=O) groups is 3. The van der Waals surface area contributed by atoms with Gasteiger partial charge in [0.1, 0.15) is 5.78 Å². The zero-order valence-electron chi connectivity index (χ0n) is 11.2. The second kappa shape index (κ2) is 5.98. The van der Waals surface area contributed by atoms with E-state index >= 15 is 0 Å². The predicted molar refractivity (Wildman–Crippen MR) is 63.7 cm³/mol. The zero-order chi connectivity index (χ0) is 13.8. The Hall–Kier alpha value is -1.39. The molecular formula is C13H20O5. The Balaban J connectivity index is 3.13. The lowest BCUT2D eigenvalue weighted by molar-refractivity contribution is -0.177. The third-order valence-corrected chi connectivity index (χ3v) is 3.70. The van der Waals surface area contributed by atoms with Gasteiger partial charge in [0, 0.05) is 6.42 Å². The van der Waals surface area contributed by atoms with E-state index in [1.165, 1.54) is 21.1 Å². The van der Waals surface area contributed by atoms with Gasteiger partial charge in [-0.3, -0.25) is 9.59 Å². The largest absolute Gasteiger partial charge is 0.468 e. The summed E-state index contributed by atoms with van der Waals surface area (Å²) in [6, 6.07) is 0. The first kappa shape index (κ1) is 14.7. The van der Waals surface area contributed by atoms with E-state index in [-0.39, 0.29) is 18.1 Å². The molecule has 18 heavy (non-hydrogen) atoms. The normalized spacial score (nSPS) is 22.1. The quantitative estimate of drug-likeness (QED) is 0.563. The van der Waals surface area contributed by atoms with Crippen LogP contribution in [0.2, 0.25) is 0 Å². The van der Waals surface area contributed by atoms with Crippen molar-refractivity contribution in [1.82, 2.24) is 0 Å². The minimum Gasteiger partial charge on any atom is -0.468 e. The summed E-state index contributed by atoms with van der Waals surface area (Å²) >= 11 is 0. The second-order valence-electron chi connectivity index (χ2n) is 4.80. The number of rotatable bonds is 4. The van der Waals surface area contributed by atoms with Crippen LogP contribution in [0.3, 0.4) is 0 Å². The molecule has 0 aromatic rings. The molecule has 1 unspecified atom stereocenters. The Bertz CT molecular complexity index is 331. The molecule has 0 aromatic heterocycles. The van der Waals surface area contributed by atoms with Gasteiger partial charge >= 0.3 is 11.9 Å². The van der Waals surface area contributed by atoms with E-state index in [1.54, 1.807) is 0 Å². The maximum absolute atomic E-state index is 12.0. The fourth-order valence-electron chi connectivity index (χ4n) is 2.85. The molecule has 5 heteroatoms. The van der Waals surface area contributed by atoms with Crippen LogP contribution in [0.4, 0.5) is 0 Å². The number of methoxy groups -OCH3 is 2. The summed E-state index contributed by atoms with van der Waals surface area (Å²) in [5.41, 5.74) is -1.30. The molecule has 0 aromatic carbocycles. The first-order chi connectivity index (χ1) is 8.48. The van der Waals surface area contributed by atoms with Crippen LogP contribution in [0.5, 0.6) is 0 Å². The highest BCUT2D eigenvalue weighted by Crippen LogP contribution is 2.45. The topological polar surface area (TPSA) is 69.7 Å². The molecule has 0 amide bonds. The van der Waals surface area contributed by atoms with E-state index in [4.69, 9.17) is 9.47 Å². The van der Waals surface area contributed by atoms with Crippen LogP contribution in [0.15, 0.2) is 0 Å². The van der Waals surface area contributed by atoms with Gasteiger partial charge in [0.25, 0.3) is 0 Å². The van der Waals surface area contributed by atoms with Crippen LogP contribution in [-0.2, 0) is 23.9 Å². The molecule has 0 heterocycles. The van der Waals surface area contributed by atoms with Crippen LogP contribution in [0.25, 0.3) is 0 Å². The third-order valence-electron chi connectivity index (χ3n) is 3.70. The van der Waals surface area contributed by atoms with Gasteiger partial charge < -0.3 is 14.3 Å². The maximum Gasteiger partial charge on any atom is 0.323 e. The van der Waals surface area contributed by atoms with Gasteiger partial charge in [0.2, 0.25) is 0 Å². The first-order valence-electron chi connectivity index (χ1n) is 6.15. The van der Waals surface area contributed by atoms with Gasteiger partial charge in [-0.1, -0.05) is 12.8 Å². The Kier molecular flexibility index (Phi) is 4.87. The van der Waals surface area contributed by atoms with Gasteiger partial charge in [0.05, 0.1) is 14.2 Å². The summed E-state index contributed by atoms with van der Waals surface area (Å²) < 4.78 is 9.55. The third kappa shape index (κ3) is 2.54. The molecule has 1 atom stereocenters. The molecule has 0 spiro atoms. The smallest absolute Gasteiger partial charge is 0.323 e. The van der Waals surface area contributed by atoms with Crippen LogP contribution in [0, 0.1) is 11.3 Å². The minimum atomic E-state index is -1.30. The zero-order valence-corrected chi connectivity index (χ0v) is 11.2. The Morgan fingerprint density at radius 2 is 1.67 bits per heavy atom. The predicted octanol–water partition coefficient (Wildman–Crippen LogP) is 1.49. The number of Topliss-reactive ketones (excluding diaryl/α,β-unsaturated/α-hetero) is 1. The standard InChI is InChI=1S/C13H20O5/c1-9(14)8-10-6-4-5-7-13(10,11(15)17-2)12(16)18-3/h10H,4-8H2,1-3H3. The summed E-state index contributed by atoms with van der Waals surface area (Å²) in [6.07, 6.45) is 2.95. The number of hydrogen-bond donors (Lipinski definition) is 0. The lowest BCUT2D eigenvalue weighted by Gasteiger charge is -2.38. The SMILES string of the molecule is COC(=O)C1(C(=O)OC)CCCCC1CC(C)=O. The highest BCUT2D eigenvalue weighted by molar-refractivity contribution is 6.01. The van der Waals surface area contributed by atoms with Crippen molar-refractivity contribution in [3.63, 3.8) is 0 Å². The van der Waals surface area contributed by atoms with Crippen LogP contribution < -0.4 is 0 Å². The van der Waals surface area contributed by atoms with Gasteiger partial charge in [0.15, 0.2) is 5.41 Å². The van der Waals surface area contributed by atoms with E-state index < -0.39 is 17.4 Å². The van der Waals surface area contributed by atoms with Crippen molar-refractivity contribution in [2.75, 3.05) is 14.2 Å². The number of carbonyl (C=O) groups excluding carboxylic acids is 3. The molecule has 1 fully saturated rings. The Morgan fingerprint density at radius 3 is 2.11 bits per heavy atom. The molecule has 5 nitrogen and oxygen atoms in total. The molecule has 0 bridgehead atoms.